The molecule has 10 heteroatoms. The van der Waals surface area contributed by atoms with Crippen LogP contribution in [-0.4, -0.2) is 63.0 Å². The first-order valence-corrected chi connectivity index (χ1v) is 8.83. The van der Waals surface area contributed by atoms with Gasteiger partial charge in [0.05, 0.1) is 4.92 Å². The van der Waals surface area contributed by atoms with Crippen LogP contribution in [0, 0.1) is 10.1 Å². The highest BCUT2D eigenvalue weighted by Gasteiger charge is 2.27. The number of piperazine rings is 1. The minimum atomic E-state index is -0.535. The summed E-state index contributed by atoms with van der Waals surface area (Å²) in [5.74, 6) is 0.368. The van der Waals surface area contributed by atoms with Crippen molar-refractivity contribution in [1.82, 2.24) is 24.9 Å². The first kappa shape index (κ1) is 18.0. The number of hydrazine groups is 1. The van der Waals surface area contributed by atoms with E-state index in [9.17, 15) is 10.1 Å². The van der Waals surface area contributed by atoms with E-state index in [-0.39, 0.29) is 17.4 Å². The number of rotatable bonds is 5. The molecule has 1 aliphatic rings. The van der Waals surface area contributed by atoms with Gasteiger partial charge in [-0.15, -0.1) is 0 Å². The van der Waals surface area contributed by atoms with Crippen LogP contribution < -0.4 is 10.2 Å². The van der Waals surface area contributed by atoms with Gasteiger partial charge in [0.15, 0.2) is 5.75 Å². The van der Waals surface area contributed by atoms with E-state index in [0.29, 0.717) is 11.3 Å². The lowest BCUT2D eigenvalue weighted by Gasteiger charge is -2.32. The zero-order valence-electron chi connectivity index (χ0n) is 15.3. The molecule has 0 saturated carbocycles. The van der Waals surface area contributed by atoms with Gasteiger partial charge in [0.2, 0.25) is 5.82 Å². The van der Waals surface area contributed by atoms with Gasteiger partial charge < -0.3 is 9.64 Å². The number of aromatic nitrogens is 3. The van der Waals surface area contributed by atoms with Crippen LogP contribution in [0.1, 0.15) is 0 Å². The average Bonchev–Trinajstić information content (AvgIpc) is 2.70. The van der Waals surface area contributed by atoms with Gasteiger partial charge in [-0.3, -0.25) is 20.5 Å². The van der Waals surface area contributed by atoms with Crippen LogP contribution >= 0.6 is 0 Å². The number of hydrogen-bond donors (Lipinski definition) is 1. The fourth-order valence-corrected chi connectivity index (χ4v) is 3.01. The molecule has 1 aromatic carbocycles. The van der Waals surface area contributed by atoms with Crippen LogP contribution in [0.5, 0.6) is 11.6 Å². The van der Waals surface area contributed by atoms with E-state index >= 15 is 0 Å². The highest BCUT2D eigenvalue weighted by Crippen LogP contribution is 2.36. The highest BCUT2D eigenvalue weighted by atomic mass is 16.6. The smallest absolute Gasteiger partial charge is 0.374 e. The standard InChI is InChI=1S/C18H19N7O3/c1-23-8-10-24(11-9-23)22-17-16(25(26)27)18(21-12-20-17)28-14-6-2-4-13-5-3-7-19-15(13)14/h2-7,12H,8-11H2,1H3,(H,20,21,22). The lowest BCUT2D eigenvalue weighted by Crippen LogP contribution is -2.47. The van der Waals surface area contributed by atoms with E-state index in [1.165, 1.54) is 6.33 Å². The molecule has 1 saturated heterocycles. The Kier molecular flexibility index (Phi) is 4.96. The van der Waals surface area contributed by atoms with Gasteiger partial charge in [0, 0.05) is 37.8 Å². The lowest BCUT2D eigenvalue weighted by atomic mass is 10.2. The molecule has 0 unspecified atom stereocenters. The Hall–Kier alpha value is -3.37. The van der Waals surface area contributed by atoms with Crippen molar-refractivity contribution in [3.8, 4) is 11.6 Å². The van der Waals surface area contributed by atoms with Crippen molar-refractivity contribution in [3.05, 3.63) is 53.0 Å². The molecular formula is C18H19N7O3. The number of anilines is 1. The molecule has 1 aliphatic heterocycles. The molecule has 10 nitrogen and oxygen atoms in total. The second-order valence-electron chi connectivity index (χ2n) is 6.47. The summed E-state index contributed by atoms with van der Waals surface area (Å²) < 4.78 is 5.81. The largest absolute Gasteiger partial charge is 0.431 e. The number of benzene rings is 1. The zero-order chi connectivity index (χ0) is 19.5. The molecule has 3 heterocycles. The summed E-state index contributed by atoms with van der Waals surface area (Å²) in [6.07, 6.45) is 2.89. The average molecular weight is 381 g/mol. The maximum absolute atomic E-state index is 11.8. The number of likely N-dealkylation sites (N-methyl/N-ethyl adjacent to an activating group) is 1. The maximum Gasteiger partial charge on any atom is 0.374 e. The van der Waals surface area contributed by atoms with Crippen molar-refractivity contribution in [3.63, 3.8) is 0 Å². The number of ether oxygens (including phenoxy) is 1. The number of fused-ring (bicyclic) bond motifs is 1. The molecule has 28 heavy (non-hydrogen) atoms. The number of pyridine rings is 1. The van der Waals surface area contributed by atoms with Crippen molar-refractivity contribution < 1.29 is 9.66 Å². The first-order chi connectivity index (χ1) is 13.6. The van der Waals surface area contributed by atoms with E-state index in [2.05, 4.69) is 25.3 Å². The van der Waals surface area contributed by atoms with Crippen molar-refractivity contribution >= 4 is 22.4 Å². The summed E-state index contributed by atoms with van der Waals surface area (Å²) in [6, 6.07) is 9.11. The molecular weight excluding hydrogens is 362 g/mol. The summed E-state index contributed by atoms with van der Waals surface area (Å²) in [7, 11) is 2.04. The minimum Gasteiger partial charge on any atom is -0.431 e. The fraction of sp³-hybridized carbons (Fsp3) is 0.278. The highest BCUT2D eigenvalue weighted by molar-refractivity contribution is 5.84. The molecule has 0 bridgehead atoms. The molecule has 0 aliphatic carbocycles. The van der Waals surface area contributed by atoms with Crippen LogP contribution in [0.2, 0.25) is 0 Å². The number of nitrogens with zero attached hydrogens (tertiary/aromatic N) is 6. The molecule has 0 amide bonds. The fourth-order valence-electron chi connectivity index (χ4n) is 3.01. The SMILES string of the molecule is CN1CCN(Nc2ncnc(Oc3cccc4cccnc34)c2[N+](=O)[O-])CC1. The topological polar surface area (TPSA) is 110 Å². The third-order valence-corrected chi connectivity index (χ3v) is 4.54. The van der Waals surface area contributed by atoms with Gasteiger partial charge in [-0.25, -0.2) is 9.99 Å². The van der Waals surface area contributed by atoms with Crippen LogP contribution in [0.4, 0.5) is 11.5 Å². The predicted molar refractivity (Wildman–Crippen MR) is 103 cm³/mol. The van der Waals surface area contributed by atoms with E-state index in [1.54, 1.807) is 18.3 Å². The Morgan fingerprint density at radius 2 is 1.89 bits per heavy atom. The first-order valence-electron chi connectivity index (χ1n) is 8.83. The van der Waals surface area contributed by atoms with Gasteiger partial charge in [0.25, 0.3) is 0 Å². The molecule has 0 radical (unpaired) electrons. The third kappa shape index (κ3) is 3.68. The second-order valence-corrected chi connectivity index (χ2v) is 6.47. The Balaban J connectivity index is 1.66. The maximum atomic E-state index is 11.8. The zero-order valence-corrected chi connectivity index (χ0v) is 15.3. The van der Waals surface area contributed by atoms with Gasteiger partial charge >= 0.3 is 11.6 Å². The lowest BCUT2D eigenvalue weighted by molar-refractivity contribution is -0.385. The predicted octanol–water partition coefficient (Wildman–Crippen LogP) is 2.30. The number of nitro groups is 1. The summed E-state index contributed by atoms with van der Waals surface area (Å²) in [6.45, 7) is 3.16. The molecule has 2 aromatic heterocycles. The molecule has 1 fully saturated rings. The minimum absolute atomic E-state index is 0.104. The molecule has 4 rings (SSSR count). The van der Waals surface area contributed by atoms with Crippen LogP contribution in [0.15, 0.2) is 42.9 Å². The molecule has 1 N–H and O–H groups in total. The van der Waals surface area contributed by atoms with E-state index in [1.807, 2.05) is 30.3 Å². The normalized spacial score (nSPS) is 15.5. The van der Waals surface area contributed by atoms with E-state index < -0.39 is 4.92 Å². The summed E-state index contributed by atoms with van der Waals surface area (Å²) in [5, 5.41) is 14.5. The van der Waals surface area contributed by atoms with Crippen molar-refractivity contribution in [1.29, 1.82) is 0 Å². The molecule has 0 spiro atoms. The number of hydrogen-bond acceptors (Lipinski definition) is 9. The summed E-state index contributed by atoms with van der Waals surface area (Å²) in [4.78, 5) is 25.8. The molecule has 144 valence electrons. The van der Waals surface area contributed by atoms with E-state index in [0.717, 1.165) is 31.6 Å². The van der Waals surface area contributed by atoms with Gasteiger partial charge in [0.1, 0.15) is 11.8 Å². The monoisotopic (exact) mass is 381 g/mol. The number of nitrogens with one attached hydrogen (secondary N) is 1. The Morgan fingerprint density at radius 1 is 1.11 bits per heavy atom. The molecule has 3 aromatic rings. The van der Waals surface area contributed by atoms with Gasteiger partial charge in [-0.05, 0) is 19.2 Å². The van der Waals surface area contributed by atoms with E-state index in [4.69, 9.17) is 4.74 Å². The Morgan fingerprint density at radius 3 is 2.68 bits per heavy atom. The number of para-hydroxylation sites is 1. The van der Waals surface area contributed by atoms with Gasteiger partial charge in [-0.2, -0.15) is 4.98 Å². The van der Waals surface area contributed by atoms with Crippen LogP contribution in [-0.2, 0) is 0 Å². The summed E-state index contributed by atoms with van der Waals surface area (Å²) in [5.41, 5.74) is 3.33. The third-order valence-electron chi connectivity index (χ3n) is 4.54. The molecule has 0 atom stereocenters. The second kappa shape index (κ2) is 7.71. The Labute approximate surface area is 160 Å². The summed E-state index contributed by atoms with van der Waals surface area (Å²) >= 11 is 0. The van der Waals surface area contributed by atoms with Crippen LogP contribution in [0.25, 0.3) is 10.9 Å². The van der Waals surface area contributed by atoms with Crippen molar-refractivity contribution in [2.24, 2.45) is 0 Å². The quantitative estimate of drug-likeness (QED) is 0.526. The van der Waals surface area contributed by atoms with Crippen molar-refractivity contribution in [2.45, 2.75) is 0 Å². The Bertz CT molecular complexity index is 1000. The van der Waals surface area contributed by atoms with Gasteiger partial charge in [-0.1, -0.05) is 18.2 Å². The van der Waals surface area contributed by atoms with Crippen LogP contribution in [0.3, 0.4) is 0 Å². The van der Waals surface area contributed by atoms with Crippen molar-refractivity contribution in [2.75, 3.05) is 38.7 Å².